The molecule has 0 heterocycles. The van der Waals surface area contributed by atoms with Gasteiger partial charge in [-0.25, -0.2) is 0 Å². The number of carbonyl (C=O) groups excluding carboxylic acids is 1. The monoisotopic (exact) mass is 337 g/mol. The molecular formula is C21H23NO3. The van der Waals surface area contributed by atoms with Crippen LogP contribution in [-0.4, -0.2) is 19.6 Å². The van der Waals surface area contributed by atoms with E-state index < -0.39 is 0 Å². The quantitative estimate of drug-likeness (QED) is 0.587. The number of hydrogen-bond acceptors (Lipinski definition) is 3. The molecule has 0 aliphatic heterocycles. The van der Waals surface area contributed by atoms with Gasteiger partial charge in [-0.15, -0.1) is 0 Å². The summed E-state index contributed by atoms with van der Waals surface area (Å²) in [6.07, 6.45) is 4.92. The standard InChI is InChI=1S/C21H23NO3/c1-4-13-25-19-11-9-17(14-20(19)24-3)10-12-21(23)22-15-18-7-5-16(2)6-8-18/h4-12,14H,1,13,15H2,2-3H3,(H,22,23)/b12-10+. The Kier molecular flexibility index (Phi) is 6.84. The Labute approximate surface area is 148 Å². The van der Waals surface area contributed by atoms with Crippen molar-refractivity contribution in [2.45, 2.75) is 13.5 Å². The molecule has 0 bridgehead atoms. The minimum Gasteiger partial charge on any atom is -0.493 e. The van der Waals surface area contributed by atoms with E-state index in [9.17, 15) is 4.79 Å². The summed E-state index contributed by atoms with van der Waals surface area (Å²) in [6, 6.07) is 13.6. The highest BCUT2D eigenvalue weighted by atomic mass is 16.5. The smallest absolute Gasteiger partial charge is 0.244 e. The van der Waals surface area contributed by atoms with Crippen molar-refractivity contribution in [1.29, 1.82) is 0 Å². The average Bonchev–Trinajstić information content (AvgIpc) is 2.64. The highest BCUT2D eigenvalue weighted by Crippen LogP contribution is 2.28. The van der Waals surface area contributed by atoms with Gasteiger partial charge in [0.2, 0.25) is 5.91 Å². The number of amides is 1. The van der Waals surface area contributed by atoms with E-state index >= 15 is 0 Å². The lowest BCUT2D eigenvalue weighted by atomic mass is 10.1. The number of nitrogens with one attached hydrogen (secondary N) is 1. The van der Waals surface area contributed by atoms with Crippen molar-refractivity contribution < 1.29 is 14.3 Å². The molecule has 25 heavy (non-hydrogen) atoms. The maximum atomic E-state index is 12.0. The predicted octanol–water partition coefficient (Wildman–Crippen LogP) is 3.90. The third kappa shape index (κ3) is 5.84. The van der Waals surface area contributed by atoms with Crippen LogP contribution >= 0.6 is 0 Å². The molecule has 2 aromatic rings. The van der Waals surface area contributed by atoms with E-state index in [1.54, 1.807) is 19.3 Å². The van der Waals surface area contributed by atoms with Crippen LogP contribution in [0.25, 0.3) is 6.08 Å². The van der Waals surface area contributed by atoms with Gasteiger partial charge in [0.05, 0.1) is 7.11 Å². The van der Waals surface area contributed by atoms with Crippen molar-refractivity contribution in [2.75, 3.05) is 13.7 Å². The van der Waals surface area contributed by atoms with Crippen LogP contribution in [0.2, 0.25) is 0 Å². The molecule has 0 spiro atoms. The van der Waals surface area contributed by atoms with Crippen LogP contribution in [0.15, 0.2) is 61.2 Å². The maximum absolute atomic E-state index is 12.0. The number of methoxy groups -OCH3 is 1. The van der Waals surface area contributed by atoms with E-state index in [0.717, 1.165) is 11.1 Å². The van der Waals surface area contributed by atoms with Gasteiger partial charge in [-0.1, -0.05) is 48.6 Å². The van der Waals surface area contributed by atoms with Crippen molar-refractivity contribution in [1.82, 2.24) is 5.32 Å². The summed E-state index contributed by atoms with van der Waals surface area (Å²) < 4.78 is 10.8. The first kappa shape index (κ1) is 18.3. The fourth-order valence-electron chi connectivity index (χ4n) is 2.18. The Balaban J connectivity index is 1.94. The molecule has 0 saturated carbocycles. The van der Waals surface area contributed by atoms with E-state index in [1.807, 2.05) is 49.4 Å². The molecule has 130 valence electrons. The van der Waals surface area contributed by atoms with Crippen LogP contribution in [0, 0.1) is 6.92 Å². The topological polar surface area (TPSA) is 47.6 Å². The molecule has 0 fully saturated rings. The molecule has 0 radical (unpaired) electrons. The molecule has 0 aliphatic carbocycles. The summed E-state index contributed by atoms with van der Waals surface area (Å²) in [5.74, 6) is 1.11. The summed E-state index contributed by atoms with van der Waals surface area (Å²) in [7, 11) is 1.58. The zero-order valence-corrected chi connectivity index (χ0v) is 14.6. The van der Waals surface area contributed by atoms with Crippen LogP contribution in [-0.2, 0) is 11.3 Å². The fraction of sp³-hybridized carbons (Fsp3) is 0.190. The minimum absolute atomic E-state index is 0.147. The molecule has 0 saturated heterocycles. The highest BCUT2D eigenvalue weighted by Gasteiger charge is 2.04. The minimum atomic E-state index is -0.147. The summed E-state index contributed by atoms with van der Waals surface area (Å²) in [5, 5.41) is 2.86. The highest BCUT2D eigenvalue weighted by molar-refractivity contribution is 5.91. The van der Waals surface area contributed by atoms with Gasteiger partial charge in [0, 0.05) is 12.6 Å². The maximum Gasteiger partial charge on any atom is 0.244 e. The van der Waals surface area contributed by atoms with Crippen molar-refractivity contribution in [3.8, 4) is 11.5 Å². The molecule has 2 aromatic carbocycles. The summed E-state index contributed by atoms with van der Waals surface area (Å²) >= 11 is 0. The molecule has 1 N–H and O–H groups in total. The lowest BCUT2D eigenvalue weighted by Crippen LogP contribution is -2.20. The van der Waals surface area contributed by atoms with Gasteiger partial charge in [-0.3, -0.25) is 4.79 Å². The van der Waals surface area contributed by atoms with E-state index in [-0.39, 0.29) is 5.91 Å². The lowest BCUT2D eigenvalue weighted by molar-refractivity contribution is -0.116. The number of rotatable bonds is 8. The molecule has 1 amide bonds. The number of ether oxygens (including phenoxy) is 2. The second-order valence-corrected chi connectivity index (χ2v) is 5.55. The zero-order valence-electron chi connectivity index (χ0n) is 14.6. The van der Waals surface area contributed by atoms with Gasteiger partial charge in [-0.2, -0.15) is 0 Å². The Bertz CT molecular complexity index is 748. The number of carbonyl (C=O) groups is 1. The normalized spacial score (nSPS) is 10.5. The van der Waals surface area contributed by atoms with Gasteiger partial charge in [-0.05, 0) is 36.3 Å². The van der Waals surface area contributed by atoms with Gasteiger partial charge in [0.15, 0.2) is 11.5 Å². The Hall–Kier alpha value is -3.01. The fourth-order valence-corrected chi connectivity index (χ4v) is 2.18. The van der Waals surface area contributed by atoms with Crippen LogP contribution < -0.4 is 14.8 Å². The Morgan fingerprint density at radius 1 is 1.16 bits per heavy atom. The van der Waals surface area contributed by atoms with Crippen molar-refractivity contribution >= 4 is 12.0 Å². The second-order valence-electron chi connectivity index (χ2n) is 5.55. The lowest BCUT2D eigenvalue weighted by Gasteiger charge is -2.09. The third-order valence-electron chi connectivity index (χ3n) is 3.56. The van der Waals surface area contributed by atoms with Gasteiger partial charge in [0.25, 0.3) is 0 Å². The van der Waals surface area contributed by atoms with E-state index in [4.69, 9.17) is 9.47 Å². The number of aryl methyl sites for hydroxylation is 1. The Morgan fingerprint density at radius 2 is 1.92 bits per heavy atom. The molecule has 2 rings (SSSR count). The van der Waals surface area contributed by atoms with Crippen molar-refractivity contribution in [2.24, 2.45) is 0 Å². The average molecular weight is 337 g/mol. The van der Waals surface area contributed by atoms with Gasteiger partial charge >= 0.3 is 0 Å². The summed E-state index contributed by atoms with van der Waals surface area (Å²) in [6.45, 7) is 6.57. The first-order valence-corrected chi connectivity index (χ1v) is 8.05. The molecule has 0 aromatic heterocycles. The van der Waals surface area contributed by atoms with Gasteiger partial charge in [0.1, 0.15) is 6.61 Å². The van der Waals surface area contributed by atoms with Crippen LogP contribution in [0.5, 0.6) is 11.5 Å². The van der Waals surface area contributed by atoms with Crippen LogP contribution in [0.4, 0.5) is 0 Å². The van der Waals surface area contributed by atoms with Crippen molar-refractivity contribution in [3.63, 3.8) is 0 Å². The summed E-state index contributed by atoms with van der Waals surface area (Å²) in [5.41, 5.74) is 3.12. The molecule has 4 nitrogen and oxygen atoms in total. The van der Waals surface area contributed by atoms with E-state index in [0.29, 0.717) is 24.7 Å². The zero-order chi connectivity index (χ0) is 18.1. The van der Waals surface area contributed by atoms with Crippen LogP contribution in [0.3, 0.4) is 0 Å². The SMILES string of the molecule is C=CCOc1ccc(/C=C/C(=O)NCc2ccc(C)cc2)cc1OC. The van der Waals surface area contributed by atoms with E-state index in [2.05, 4.69) is 11.9 Å². The van der Waals surface area contributed by atoms with Gasteiger partial charge < -0.3 is 14.8 Å². The third-order valence-corrected chi connectivity index (χ3v) is 3.56. The molecule has 0 atom stereocenters. The molecule has 4 heteroatoms. The van der Waals surface area contributed by atoms with E-state index in [1.165, 1.54) is 11.6 Å². The second kappa shape index (κ2) is 9.33. The predicted molar refractivity (Wildman–Crippen MR) is 101 cm³/mol. The summed E-state index contributed by atoms with van der Waals surface area (Å²) in [4.78, 5) is 12.0. The molecular weight excluding hydrogens is 314 g/mol. The first-order chi connectivity index (χ1) is 12.1. The largest absolute Gasteiger partial charge is 0.493 e. The first-order valence-electron chi connectivity index (χ1n) is 8.05. The van der Waals surface area contributed by atoms with Crippen LogP contribution in [0.1, 0.15) is 16.7 Å². The molecule has 0 unspecified atom stereocenters. The number of benzene rings is 2. The Morgan fingerprint density at radius 3 is 2.60 bits per heavy atom. The van der Waals surface area contributed by atoms with Crippen molar-refractivity contribution in [3.05, 3.63) is 77.9 Å². The molecule has 0 aliphatic rings. The number of hydrogen-bond donors (Lipinski definition) is 1.